The predicted molar refractivity (Wildman–Crippen MR) is 286 cm³/mol. The number of guanidine groups is 1. The quantitative estimate of drug-likeness (QED) is 0.0171. The number of hydrogen-bond donors (Lipinski definition) is 19. The molecule has 85 heavy (non-hydrogen) atoms. The number of amides is 10. The van der Waals surface area contributed by atoms with Gasteiger partial charge >= 0.3 is 30.1 Å². The van der Waals surface area contributed by atoms with Crippen LogP contribution in [0.5, 0.6) is 0 Å². The molecule has 10 amide bonds. The fraction of sp³-hybridized carbons (Fsp3) is 0.521. The minimum atomic E-state index is -5.08. The molecule has 0 spiro atoms. The van der Waals surface area contributed by atoms with Crippen LogP contribution in [0.3, 0.4) is 0 Å². The highest BCUT2D eigenvalue weighted by Crippen LogP contribution is 2.20. The maximum absolute atomic E-state index is 14.0. The van der Waals surface area contributed by atoms with Crippen molar-refractivity contribution in [2.75, 3.05) is 19.7 Å². The highest BCUT2D eigenvalue weighted by molar-refractivity contribution is 6.00. The number of carboxylic acids is 4. The number of nitrogens with zero attached hydrogens (tertiary/aromatic N) is 1. The molecule has 1 heterocycles. The van der Waals surface area contributed by atoms with Crippen molar-refractivity contribution in [3.63, 3.8) is 0 Å². The van der Waals surface area contributed by atoms with E-state index in [9.17, 15) is 90.8 Å². The number of rotatable bonds is 36. The van der Waals surface area contributed by atoms with Crippen molar-refractivity contribution >= 4 is 99.8 Å². The van der Waals surface area contributed by atoms with Crippen molar-refractivity contribution in [3.8, 4) is 0 Å². The van der Waals surface area contributed by atoms with Crippen molar-refractivity contribution in [2.24, 2.45) is 39.6 Å². The Morgan fingerprint density at radius 3 is 1.59 bits per heavy atom. The Morgan fingerprint density at radius 1 is 0.600 bits per heavy atom. The Bertz CT molecular complexity index is 2760. The first-order valence-corrected chi connectivity index (χ1v) is 25.5. The van der Waals surface area contributed by atoms with E-state index in [2.05, 4.69) is 52.5 Å². The van der Waals surface area contributed by atoms with E-state index in [4.69, 9.17) is 43.7 Å². The Hall–Kier alpha value is -9.68. The van der Waals surface area contributed by atoms with Gasteiger partial charge in [-0.3, -0.25) is 62.5 Å². The third-order valence-corrected chi connectivity index (χ3v) is 11.5. The van der Waals surface area contributed by atoms with Crippen LogP contribution in [0.2, 0.25) is 0 Å². The summed E-state index contributed by atoms with van der Waals surface area (Å²) >= 11 is 0. The van der Waals surface area contributed by atoms with E-state index in [1.54, 1.807) is 38.1 Å². The van der Waals surface area contributed by atoms with Crippen molar-refractivity contribution in [1.82, 2.24) is 47.5 Å². The Kier molecular flexibility index (Phi) is 31.1. The van der Waals surface area contributed by atoms with Crippen LogP contribution in [0, 0.1) is 5.92 Å². The molecule has 24 N–H and O–H groups in total. The lowest BCUT2D eigenvalue weighted by atomic mass is 10.0. The van der Waals surface area contributed by atoms with Gasteiger partial charge in [-0.15, -0.1) is 0 Å². The summed E-state index contributed by atoms with van der Waals surface area (Å²) in [6.45, 7) is 1.44. The van der Waals surface area contributed by atoms with Crippen LogP contribution in [0.25, 0.3) is 10.9 Å². The first-order valence-electron chi connectivity index (χ1n) is 25.5. The molecule has 0 bridgehead atoms. The molecular formula is C48H70F3N15O19. The van der Waals surface area contributed by atoms with Crippen LogP contribution in [-0.4, -0.2) is 194 Å². The molecule has 37 heteroatoms. The first-order chi connectivity index (χ1) is 39.6. The van der Waals surface area contributed by atoms with E-state index in [0.717, 1.165) is 0 Å². The highest BCUT2D eigenvalue weighted by atomic mass is 19.4. The van der Waals surface area contributed by atoms with Gasteiger partial charge in [0.15, 0.2) is 5.96 Å². The lowest BCUT2D eigenvalue weighted by Gasteiger charge is -2.27. The second kappa shape index (κ2) is 36.0. The number of fused-ring (bicyclic) bond motifs is 1. The molecule has 1 aromatic heterocycles. The SMILES string of the molecule is CC(C)C[C@H](NC(=O)[C@H](Cc1c[nH]c2ccccc12)NC(=O)[C@H](CC(=O)O)NC(=O)[C@H](CCC(N)=O)NC(=O)[C@H](CC(N)=O)NC(=O)[C@H](CCCN=C(N)N)NC(=O)[C@H](CO)NC(=O)CNC(=O)[C@@H](N)CCC(=O)O)C(=O)O.O=C(O)C(F)(F)F. The van der Waals surface area contributed by atoms with E-state index in [1.807, 2.05) is 0 Å². The number of benzene rings is 1. The topological polar surface area (TPSA) is 595 Å². The van der Waals surface area contributed by atoms with E-state index in [1.165, 1.54) is 6.20 Å². The van der Waals surface area contributed by atoms with Gasteiger partial charge in [-0.1, -0.05) is 32.0 Å². The summed E-state index contributed by atoms with van der Waals surface area (Å²) in [6, 6.07) is -6.81. The largest absolute Gasteiger partial charge is 0.490 e. The number of H-pyrrole nitrogens is 1. The molecule has 0 saturated carbocycles. The van der Waals surface area contributed by atoms with Crippen LogP contribution in [-0.2, 0) is 73.5 Å². The van der Waals surface area contributed by atoms with Gasteiger partial charge in [0.1, 0.15) is 42.3 Å². The average Bonchev–Trinajstić information content (AvgIpc) is 3.08. The van der Waals surface area contributed by atoms with Gasteiger partial charge in [0, 0.05) is 42.9 Å². The monoisotopic (exact) mass is 1220 g/mol. The van der Waals surface area contributed by atoms with Crippen LogP contribution in [0.15, 0.2) is 35.5 Å². The number of aromatic amines is 1. The van der Waals surface area contributed by atoms with E-state index in [-0.39, 0.29) is 50.5 Å². The number of alkyl halides is 3. The summed E-state index contributed by atoms with van der Waals surface area (Å²) in [5, 5.41) is 64.1. The second-order valence-electron chi connectivity index (χ2n) is 19.0. The zero-order valence-corrected chi connectivity index (χ0v) is 45.7. The molecule has 8 atom stereocenters. The molecule has 2 rings (SSSR count). The highest BCUT2D eigenvalue weighted by Gasteiger charge is 2.39. The maximum atomic E-state index is 14.0. The number of carbonyl (C=O) groups excluding carboxylic acids is 10. The van der Waals surface area contributed by atoms with Gasteiger partial charge in [0.2, 0.25) is 59.1 Å². The predicted octanol–water partition coefficient (Wildman–Crippen LogP) is -6.16. The standard InChI is InChI=1S/C46H69N15O17.C2HF3O2/c1-21(2)14-31(45(77)78)61-41(73)28(15-22-18-53-25-7-4-3-6-23(22)25)58-43(75)30(17-37(68)69)60-40(72)27(10-11-33(48)63)57-42(74)29(16-34(49)64)59-39(71)26(8-5-13-52-46(50)51)56-44(76)32(20-62)55-35(65)19-54-38(70)24(47)9-12-36(66)67;3-2(4,5)1(6)7/h3-4,6-7,18,21,24,26-32,53,62H,5,8-17,19-20,47H2,1-2H3,(H2,48,63)(H2,49,64)(H,54,70)(H,55,65)(H,56,76)(H,57,74)(H,58,75)(H,59,71)(H,60,72)(H,61,73)(H,66,67)(H,68,69)(H,77,78)(H4,50,51,52);(H,6,7)/t24-,26-,27-,28-,29-,30-,31-,32-;/m0./s1. The van der Waals surface area contributed by atoms with Crippen molar-refractivity contribution in [2.45, 2.75) is 133 Å². The molecule has 0 aliphatic heterocycles. The number of aliphatic hydroxyl groups excluding tert-OH is 1. The fourth-order valence-corrected chi connectivity index (χ4v) is 7.33. The number of nitrogens with one attached hydrogen (secondary N) is 9. The molecule has 34 nitrogen and oxygen atoms in total. The number of carbonyl (C=O) groups is 14. The lowest BCUT2D eigenvalue weighted by Crippen LogP contribution is -2.61. The molecule has 2 aromatic rings. The van der Waals surface area contributed by atoms with Crippen LogP contribution >= 0.6 is 0 Å². The van der Waals surface area contributed by atoms with E-state index < -0.39 is 183 Å². The molecule has 0 saturated heterocycles. The zero-order chi connectivity index (χ0) is 64.9. The number of aliphatic imine (C=N–C) groups is 1. The van der Waals surface area contributed by atoms with Gasteiger partial charge in [-0.25, -0.2) is 9.59 Å². The number of para-hydroxylation sites is 1. The van der Waals surface area contributed by atoms with Gasteiger partial charge in [0.05, 0.1) is 32.0 Å². The average molecular weight is 1220 g/mol. The summed E-state index contributed by atoms with van der Waals surface area (Å²) < 4.78 is 31.7. The summed E-state index contributed by atoms with van der Waals surface area (Å²) in [5.74, 6) is -19.0. The number of nitrogens with two attached hydrogens (primary N) is 5. The van der Waals surface area contributed by atoms with Crippen LogP contribution in [0.1, 0.15) is 77.2 Å². The third-order valence-electron chi connectivity index (χ3n) is 11.5. The summed E-state index contributed by atoms with van der Waals surface area (Å²) in [7, 11) is 0. The van der Waals surface area contributed by atoms with Crippen LogP contribution in [0.4, 0.5) is 13.2 Å². The lowest BCUT2D eigenvalue weighted by molar-refractivity contribution is -0.192. The minimum absolute atomic E-state index is 0.0120. The number of hydrogen-bond acceptors (Lipinski definition) is 17. The summed E-state index contributed by atoms with van der Waals surface area (Å²) in [5.41, 5.74) is 28.2. The molecular weight excluding hydrogens is 1150 g/mol. The number of halogens is 3. The van der Waals surface area contributed by atoms with Crippen LogP contribution < -0.4 is 71.2 Å². The van der Waals surface area contributed by atoms with E-state index in [0.29, 0.717) is 16.5 Å². The minimum Gasteiger partial charge on any atom is -0.481 e. The number of carboxylic acid groups (broad SMARTS) is 4. The van der Waals surface area contributed by atoms with Crippen molar-refractivity contribution < 1.29 is 106 Å². The molecule has 0 unspecified atom stereocenters. The van der Waals surface area contributed by atoms with Gasteiger partial charge in [-0.05, 0) is 49.7 Å². The Morgan fingerprint density at radius 2 is 1.09 bits per heavy atom. The molecule has 0 radical (unpaired) electrons. The third kappa shape index (κ3) is 28.7. The molecule has 0 aliphatic carbocycles. The number of aliphatic hydroxyl groups is 1. The fourth-order valence-electron chi connectivity index (χ4n) is 7.33. The van der Waals surface area contributed by atoms with Crippen molar-refractivity contribution in [3.05, 3.63) is 36.0 Å². The summed E-state index contributed by atoms with van der Waals surface area (Å²) in [4.78, 5) is 183. The van der Waals surface area contributed by atoms with Crippen molar-refractivity contribution in [1.29, 1.82) is 0 Å². The Balaban J connectivity index is 0.00000483. The summed E-state index contributed by atoms with van der Waals surface area (Å²) in [6.07, 6.45) is -8.31. The zero-order valence-electron chi connectivity index (χ0n) is 45.7. The number of aliphatic carboxylic acids is 4. The molecule has 0 fully saturated rings. The molecule has 0 aliphatic rings. The smallest absolute Gasteiger partial charge is 0.481 e. The molecule has 1 aromatic carbocycles. The van der Waals surface area contributed by atoms with Gasteiger partial charge in [-0.2, -0.15) is 13.2 Å². The molecule has 472 valence electrons. The Labute approximate surface area is 480 Å². The van der Waals surface area contributed by atoms with E-state index >= 15 is 0 Å². The number of aromatic nitrogens is 1. The van der Waals surface area contributed by atoms with Gasteiger partial charge in [0.25, 0.3) is 0 Å². The normalized spacial score (nSPS) is 13.8. The van der Waals surface area contributed by atoms with Gasteiger partial charge < -0.3 is 102 Å². The second-order valence-corrected chi connectivity index (χ2v) is 19.0. The maximum Gasteiger partial charge on any atom is 0.490 e. The number of primary amides is 2. The first kappa shape index (κ1) is 73.3.